The zero-order chi connectivity index (χ0) is 2.71. The van der Waals surface area contributed by atoms with E-state index in [0.717, 1.165) is 8.58 Å². The Kier molecular flexibility index (Phi) is 20.1. The molecule has 0 saturated carbocycles. The van der Waals surface area contributed by atoms with Gasteiger partial charge in [0, 0.05) is 32.7 Å². The first kappa shape index (κ1) is 9.11. The minimum Gasteiger partial charge on any atom is -0.129 e. The van der Waals surface area contributed by atoms with E-state index in [-0.39, 0.29) is 32.7 Å². The van der Waals surface area contributed by atoms with Crippen LogP contribution in [0.1, 0.15) is 0 Å². The molecule has 0 aliphatic carbocycles. The average Bonchev–Trinajstić information content (AvgIpc) is 0.918. The minimum atomic E-state index is 0. The van der Waals surface area contributed by atoms with E-state index >= 15 is 0 Å². The van der Waals surface area contributed by atoms with Crippen LogP contribution in [0.3, 0.4) is 0 Å². The number of rotatable bonds is 0. The molecule has 0 aromatic rings. The maximum absolute atomic E-state index is 2.15. The zero-order valence-electron chi connectivity index (χ0n) is 3.08. The molecule has 1 radical (unpaired) electrons. The van der Waals surface area contributed by atoms with Crippen molar-refractivity contribution < 1.29 is 32.7 Å². The molecule has 0 fully saturated rings. The molecule has 0 N–H and O–H groups in total. The zero-order valence-corrected chi connectivity index (χ0v) is 6.92. The summed E-state index contributed by atoms with van der Waals surface area (Å²) in [5, 5.41) is 0. The first-order valence-electron chi connectivity index (χ1n) is 1.00. The van der Waals surface area contributed by atoms with Gasteiger partial charge >= 0.3 is 0 Å². The smallest absolute Gasteiger partial charge is 0 e. The molecule has 0 bridgehead atoms. The Morgan fingerprint density at radius 2 is 1.25 bits per heavy atom. The van der Waals surface area contributed by atoms with Crippen molar-refractivity contribution in [3.05, 3.63) is 0 Å². The molecule has 0 aromatic carbocycles. The predicted molar refractivity (Wildman–Crippen MR) is 20.2 cm³/mol. The van der Waals surface area contributed by atoms with Crippen molar-refractivity contribution in [2.75, 3.05) is 13.3 Å². The summed E-state index contributed by atoms with van der Waals surface area (Å²) in [7, 11) is 1.08. The van der Waals surface area contributed by atoms with E-state index in [2.05, 4.69) is 13.3 Å². The van der Waals surface area contributed by atoms with Gasteiger partial charge in [0.25, 0.3) is 0 Å². The van der Waals surface area contributed by atoms with Crippen molar-refractivity contribution in [1.82, 2.24) is 0 Å². The molecule has 2 heteroatoms. The molecule has 0 heterocycles. The SMILES string of the molecule is CPC.[Y]. The van der Waals surface area contributed by atoms with E-state index < -0.39 is 0 Å². The van der Waals surface area contributed by atoms with E-state index in [9.17, 15) is 0 Å². The normalized spacial score (nSPS) is 4.50. The second-order valence-corrected chi connectivity index (χ2v) is 1.50. The van der Waals surface area contributed by atoms with Gasteiger partial charge in [-0.2, -0.15) is 0 Å². The third-order valence-corrected chi connectivity index (χ3v) is 0. The fourth-order valence-electron chi connectivity index (χ4n) is 0. The molecule has 0 amide bonds. The van der Waals surface area contributed by atoms with E-state index in [1.54, 1.807) is 0 Å². The van der Waals surface area contributed by atoms with Gasteiger partial charge in [-0.25, -0.2) is 0 Å². The standard InChI is InChI=1S/C2H7P.Y/c1-3-2;/h3H,1-2H3;. The van der Waals surface area contributed by atoms with Crippen LogP contribution in [0, 0.1) is 0 Å². The summed E-state index contributed by atoms with van der Waals surface area (Å²) in [5.74, 6) is 0. The topological polar surface area (TPSA) is 0 Å². The van der Waals surface area contributed by atoms with Crippen molar-refractivity contribution >= 4 is 8.58 Å². The monoisotopic (exact) mass is 151 g/mol. The van der Waals surface area contributed by atoms with Gasteiger partial charge in [-0.3, -0.25) is 0 Å². The Labute approximate surface area is 54.4 Å². The summed E-state index contributed by atoms with van der Waals surface area (Å²) in [6.45, 7) is 4.31. The summed E-state index contributed by atoms with van der Waals surface area (Å²) >= 11 is 0. The first-order chi connectivity index (χ1) is 1.41. The van der Waals surface area contributed by atoms with Crippen LogP contribution < -0.4 is 0 Å². The van der Waals surface area contributed by atoms with Crippen molar-refractivity contribution in [1.29, 1.82) is 0 Å². The fraction of sp³-hybridized carbons (Fsp3) is 1.00. The maximum Gasteiger partial charge on any atom is 0 e. The molecule has 0 spiro atoms. The Morgan fingerprint density at radius 3 is 1.25 bits per heavy atom. The third kappa shape index (κ3) is 9.64. The van der Waals surface area contributed by atoms with Crippen LogP contribution in [-0.4, -0.2) is 13.3 Å². The van der Waals surface area contributed by atoms with Gasteiger partial charge in [-0.05, 0) is 13.3 Å². The molecule has 4 heavy (non-hydrogen) atoms. The first-order valence-corrected chi connectivity index (χ1v) is 3.00. The van der Waals surface area contributed by atoms with Crippen LogP contribution in [-0.2, 0) is 32.7 Å². The Balaban J connectivity index is 0. The summed E-state index contributed by atoms with van der Waals surface area (Å²) < 4.78 is 0. The summed E-state index contributed by atoms with van der Waals surface area (Å²) in [4.78, 5) is 0. The summed E-state index contributed by atoms with van der Waals surface area (Å²) in [5.41, 5.74) is 0. The third-order valence-electron chi connectivity index (χ3n) is 0. The molecule has 0 aliphatic heterocycles. The Bertz CT molecular complexity index is 6.00. The van der Waals surface area contributed by atoms with Gasteiger partial charge < -0.3 is 0 Å². The average molecular weight is 151 g/mol. The van der Waals surface area contributed by atoms with Crippen LogP contribution in [0.25, 0.3) is 0 Å². The quantitative estimate of drug-likeness (QED) is 0.451. The molecular formula is C2H7PY. The van der Waals surface area contributed by atoms with Gasteiger partial charge in [-0.1, -0.05) is 0 Å². The molecule has 0 saturated heterocycles. The van der Waals surface area contributed by atoms with Gasteiger partial charge in [0.1, 0.15) is 0 Å². The molecular weight excluding hydrogens is 144 g/mol. The van der Waals surface area contributed by atoms with Crippen LogP contribution in [0.4, 0.5) is 0 Å². The van der Waals surface area contributed by atoms with Crippen LogP contribution in [0.15, 0.2) is 0 Å². The van der Waals surface area contributed by atoms with Crippen molar-refractivity contribution in [2.24, 2.45) is 0 Å². The number of hydrogen-bond donors (Lipinski definition) is 0. The van der Waals surface area contributed by atoms with E-state index in [1.807, 2.05) is 0 Å². The van der Waals surface area contributed by atoms with Crippen LogP contribution in [0.2, 0.25) is 0 Å². The second kappa shape index (κ2) is 8.82. The Hall–Kier alpha value is 1.53. The van der Waals surface area contributed by atoms with Gasteiger partial charge in [0.15, 0.2) is 0 Å². The fourth-order valence-corrected chi connectivity index (χ4v) is 0. The van der Waals surface area contributed by atoms with Gasteiger partial charge in [0.05, 0.1) is 0 Å². The van der Waals surface area contributed by atoms with E-state index in [1.165, 1.54) is 0 Å². The van der Waals surface area contributed by atoms with Crippen molar-refractivity contribution in [3.63, 3.8) is 0 Å². The summed E-state index contributed by atoms with van der Waals surface area (Å²) in [6.07, 6.45) is 0. The predicted octanol–water partition coefficient (Wildman–Crippen LogP) is 0.922. The Morgan fingerprint density at radius 1 is 1.25 bits per heavy atom. The van der Waals surface area contributed by atoms with Crippen LogP contribution >= 0.6 is 8.58 Å². The molecule has 0 aliphatic rings. The summed E-state index contributed by atoms with van der Waals surface area (Å²) in [6, 6.07) is 0. The molecule has 23 valence electrons. The van der Waals surface area contributed by atoms with Crippen molar-refractivity contribution in [2.45, 2.75) is 0 Å². The molecule has 0 rings (SSSR count). The van der Waals surface area contributed by atoms with Gasteiger partial charge in [-0.15, -0.1) is 8.58 Å². The molecule has 0 unspecified atom stereocenters. The molecule has 0 atom stereocenters. The second-order valence-electron chi connectivity index (χ2n) is 0.500. The van der Waals surface area contributed by atoms with Crippen LogP contribution in [0.5, 0.6) is 0 Å². The van der Waals surface area contributed by atoms with E-state index in [0.29, 0.717) is 0 Å². The van der Waals surface area contributed by atoms with E-state index in [4.69, 9.17) is 0 Å². The van der Waals surface area contributed by atoms with Gasteiger partial charge in [0.2, 0.25) is 0 Å². The maximum atomic E-state index is 2.15. The van der Waals surface area contributed by atoms with Crippen molar-refractivity contribution in [3.8, 4) is 0 Å². The minimum absolute atomic E-state index is 0. The largest absolute Gasteiger partial charge is 0.129 e. The molecule has 0 nitrogen and oxygen atoms in total. The number of hydrogen-bond acceptors (Lipinski definition) is 0. The molecule has 0 aromatic heterocycles.